The van der Waals surface area contributed by atoms with Crippen molar-refractivity contribution in [1.29, 1.82) is 0 Å². The van der Waals surface area contributed by atoms with E-state index in [2.05, 4.69) is 15.7 Å². The molecular formula is C21H25FN4O2. The van der Waals surface area contributed by atoms with E-state index in [0.29, 0.717) is 5.69 Å². The van der Waals surface area contributed by atoms with Gasteiger partial charge in [0.2, 0.25) is 11.8 Å². The molecule has 148 valence electrons. The molecule has 1 heterocycles. The fourth-order valence-corrected chi connectivity index (χ4v) is 4.02. The van der Waals surface area contributed by atoms with Crippen LogP contribution >= 0.6 is 0 Å². The molecule has 28 heavy (non-hydrogen) atoms. The number of nitrogens with zero attached hydrogens (tertiary/aromatic N) is 2. The maximum Gasteiger partial charge on any atom is 0.228 e. The van der Waals surface area contributed by atoms with E-state index < -0.39 is 5.82 Å². The highest BCUT2D eigenvalue weighted by atomic mass is 19.1. The summed E-state index contributed by atoms with van der Waals surface area (Å²) in [5.74, 6) is -0.708. The molecule has 2 N–H and O–H groups in total. The van der Waals surface area contributed by atoms with E-state index in [0.717, 1.165) is 44.1 Å². The number of rotatable bonds is 5. The number of anilines is 2. The first-order valence-electron chi connectivity index (χ1n) is 9.91. The minimum Gasteiger partial charge on any atom is -0.326 e. The Labute approximate surface area is 163 Å². The smallest absolute Gasteiger partial charge is 0.228 e. The van der Waals surface area contributed by atoms with Crippen LogP contribution in [0, 0.1) is 17.7 Å². The maximum absolute atomic E-state index is 14.2. The quantitative estimate of drug-likeness (QED) is 0.823. The van der Waals surface area contributed by atoms with Gasteiger partial charge in [-0.05, 0) is 48.9 Å². The average molecular weight is 384 g/mol. The zero-order valence-corrected chi connectivity index (χ0v) is 16.0. The van der Waals surface area contributed by atoms with Gasteiger partial charge < -0.3 is 10.6 Å². The van der Waals surface area contributed by atoms with E-state index >= 15 is 0 Å². The molecule has 2 aliphatic rings. The number of hydrogen-bond acceptors (Lipinski definition) is 3. The molecule has 1 aromatic carbocycles. The van der Waals surface area contributed by atoms with Crippen LogP contribution in [-0.2, 0) is 16.6 Å². The van der Waals surface area contributed by atoms with Gasteiger partial charge in [-0.3, -0.25) is 14.3 Å². The van der Waals surface area contributed by atoms with Crippen molar-refractivity contribution in [2.24, 2.45) is 18.9 Å². The Hall–Kier alpha value is -2.70. The highest BCUT2D eigenvalue weighted by Crippen LogP contribution is 2.47. The van der Waals surface area contributed by atoms with Gasteiger partial charge in [0.15, 0.2) is 0 Å². The van der Waals surface area contributed by atoms with E-state index in [1.807, 2.05) is 13.2 Å². The summed E-state index contributed by atoms with van der Waals surface area (Å²) >= 11 is 0. The molecule has 2 unspecified atom stereocenters. The summed E-state index contributed by atoms with van der Waals surface area (Å²) in [4.78, 5) is 24.9. The third-order valence-electron chi connectivity index (χ3n) is 5.75. The molecule has 2 aromatic rings. The molecule has 0 bridgehead atoms. The van der Waals surface area contributed by atoms with Crippen LogP contribution in [0.15, 0.2) is 30.6 Å². The molecule has 0 saturated heterocycles. The molecular weight excluding hydrogens is 359 g/mol. The van der Waals surface area contributed by atoms with Gasteiger partial charge in [0.25, 0.3) is 0 Å². The normalized spacial score (nSPS) is 21.9. The van der Waals surface area contributed by atoms with Gasteiger partial charge in [-0.1, -0.05) is 19.3 Å². The van der Waals surface area contributed by atoms with Gasteiger partial charge >= 0.3 is 0 Å². The topological polar surface area (TPSA) is 76.0 Å². The van der Waals surface area contributed by atoms with Crippen molar-refractivity contribution in [3.63, 3.8) is 0 Å². The average Bonchev–Trinajstić information content (AvgIpc) is 3.39. The molecule has 2 saturated carbocycles. The third-order valence-corrected chi connectivity index (χ3v) is 5.75. The number of aromatic nitrogens is 2. The monoisotopic (exact) mass is 384 g/mol. The lowest BCUT2D eigenvalue weighted by atomic mass is 9.88. The van der Waals surface area contributed by atoms with Crippen molar-refractivity contribution in [2.75, 3.05) is 10.6 Å². The second-order valence-corrected chi connectivity index (χ2v) is 7.90. The fourth-order valence-electron chi connectivity index (χ4n) is 4.02. The molecule has 7 heteroatoms. The second-order valence-electron chi connectivity index (χ2n) is 7.90. The summed E-state index contributed by atoms with van der Waals surface area (Å²) in [6.45, 7) is 0. The molecule has 4 rings (SSSR count). The molecule has 2 fully saturated rings. The number of aryl methyl sites for hydroxylation is 1. The van der Waals surface area contributed by atoms with E-state index in [1.165, 1.54) is 18.2 Å². The van der Waals surface area contributed by atoms with Crippen molar-refractivity contribution in [3.8, 4) is 0 Å². The Morgan fingerprint density at radius 1 is 1.14 bits per heavy atom. The van der Waals surface area contributed by atoms with Crippen LogP contribution in [-0.4, -0.2) is 21.6 Å². The van der Waals surface area contributed by atoms with Crippen molar-refractivity contribution in [2.45, 2.75) is 44.4 Å². The van der Waals surface area contributed by atoms with Gasteiger partial charge in [0.1, 0.15) is 5.82 Å². The van der Waals surface area contributed by atoms with Crippen LogP contribution in [0.5, 0.6) is 0 Å². The summed E-state index contributed by atoms with van der Waals surface area (Å²) in [7, 11) is 1.85. The summed E-state index contributed by atoms with van der Waals surface area (Å²) in [5, 5.41) is 9.69. The molecule has 6 nitrogen and oxygen atoms in total. The van der Waals surface area contributed by atoms with Crippen molar-refractivity contribution >= 4 is 23.2 Å². The number of halogens is 1. The van der Waals surface area contributed by atoms with E-state index in [9.17, 15) is 14.0 Å². The molecule has 0 spiro atoms. The predicted octanol–water partition coefficient (Wildman–Crippen LogP) is 3.82. The van der Waals surface area contributed by atoms with E-state index in [4.69, 9.17) is 0 Å². The summed E-state index contributed by atoms with van der Waals surface area (Å²) in [5.41, 5.74) is 1.66. The Morgan fingerprint density at radius 2 is 1.93 bits per heavy atom. The summed E-state index contributed by atoms with van der Waals surface area (Å²) in [6, 6.07) is 4.29. The SMILES string of the molecule is Cn1cc(C2CC2C(=O)Nc2ccc(F)c(NC(=O)C3CCCCC3)c2)cn1. The van der Waals surface area contributed by atoms with E-state index in [1.54, 1.807) is 10.9 Å². The number of amides is 2. The highest BCUT2D eigenvalue weighted by molar-refractivity contribution is 5.97. The first-order chi connectivity index (χ1) is 13.5. The van der Waals surface area contributed by atoms with Gasteiger partial charge in [-0.15, -0.1) is 0 Å². The standard InChI is InChI=1S/C21H25FN4O2/c1-26-12-14(11-23-26)16-10-17(16)21(28)24-15-7-8-18(22)19(9-15)25-20(27)13-5-3-2-4-6-13/h7-9,11-13,16-17H,2-6,10H2,1H3,(H,24,28)(H,25,27). The van der Waals surface area contributed by atoms with Gasteiger partial charge in [-0.2, -0.15) is 5.10 Å². The molecule has 2 aliphatic carbocycles. The third kappa shape index (κ3) is 4.08. The van der Waals surface area contributed by atoms with Crippen LogP contribution in [0.4, 0.5) is 15.8 Å². The fraction of sp³-hybridized carbons (Fsp3) is 0.476. The van der Waals surface area contributed by atoms with Gasteiger partial charge in [0.05, 0.1) is 11.9 Å². The number of benzene rings is 1. The number of carbonyl (C=O) groups excluding carboxylic acids is 2. The number of nitrogens with one attached hydrogen (secondary N) is 2. The molecule has 1 aromatic heterocycles. The summed E-state index contributed by atoms with van der Waals surface area (Å²) in [6.07, 6.45) is 9.42. The molecule has 0 aliphatic heterocycles. The van der Waals surface area contributed by atoms with Crippen molar-refractivity contribution < 1.29 is 14.0 Å². The Balaban J connectivity index is 1.38. The Morgan fingerprint density at radius 3 is 2.64 bits per heavy atom. The first kappa shape index (κ1) is 18.7. The van der Waals surface area contributed by atoms with Gasteiger partial charge in [0, 0.05) is 30.8 Å². The van der Waals surface area contributed by atoms with Gasteiger partial charge in [-0.25, -0.2) is 4.39 Å². The lowest BCUT2D eigenvalue weighted by molar-refractivity contribution is -0.120. The minimum absolute atomic E-state index is 0.0573. The number of carbonyl (C=O) groups is 2. The van der Waals surface area contributed by atoms with Crippen LogP contribution in [0.2, 0.25) is 0 Å². The van der Waals surface area contributed by atoms with Crippen LogP contribution in [0.1, 0.15) is 50.0 Å². The lowest BCUT2D eigenvalue weighted by Gasteiger charge is -2.21. The molecule has 2 atom stereocenters. The van der Waals surface area contributed by atoms with E-state index in [-0.39, 0.29) is 35.3 Å². The molecule has 2 amide bonds. The van der Waals surface area contributed by atoms with Crippen LogP contribution in [0.3, 0.4) is 0 Å². The maximum atomic E-state index is 14.2. The van der Waals surface area contributed by atoms with Crippen molar-refractivity contribution in [1.82, 2.24) is 9.78 Å². The Bertz CT molecular complexity index is 888. The summed E-state index contributed by atoms with van der Waals surface area (Å²) < 4.78 is 15.9. The zero-order valence-electron chi connectivity index (χ0n) is 16.0. The molecule has 0 radical (unpaired) electrons. The predicted molar refractivity (Wildman–Crippen MR) is 104 cm³/mol. The van der Waals surface area contributed by atoms with Crippen LogP contribution < -0.4 is 10.6 Å². The largest absolute Gasteiger partial charge is 0.326 e. The lowest BCUT2D eigenvalue weighted by Crippen LogP contribution is -2.25. The second kappa shape index (κ2) is 7.73. The highest BCUT2D eigenvalue weighted by Gasteiger charge is 2.44. The minimum atomic E-state index is -0.498. The zero-order chi connectivity index (χ0) is 19.7. The van der Waals surface area contributed by atoms with Crippen molar-refractivity contribution in [3.05, 3.63) is 42.0 Å². The van der Waals surface area contributed by atoms with Crippen LogP contribution in [0.25, 0.3) is 0 Å². The number of hydrogen-bond donors (Lipinski definition) is 2. The Kier molecular flexibility index (Phi) is 5.15. The first-order valence-corrected chi connectivity index (χ1v) is 9.91.